The van der Waals surface area contributed by atoms with Crippen molar-refractivity contribution < 1.29 is 14.0 Å². The molecule has 3 aromatic rings. The Kier molecular flexibility index (Phi) is 6.14. The number of halogens is 1. The van der Waals surface area contributed by atoms with Gasteiger partial charge in [-0.05, 0) is 54.8 Å². The quantitative estimate of drug-likeness (QED) is 0.554. The molecule has 30 heavy (non-hydrogen) atoms. The minimum Gasteiger partial charge on any atom is -0.441 e. The third kappa shape index (κ3) is 5.48. The first-order chi connectivity index (χ1) is 14.6. The van der Waals surface area contributed by atoms with Gasteiger partial charge in [0.25, 0.3) is 0 Å². The van der Waals surface area contributed by atoms with E-state index in [-0.39, 0.29) is 24.2 Å². The Hall–Kier alpha value is -3.12. The monoisotopic (exact) mass is 423 g/mol. The summed E-state index contributed by atoms with van der Waals surface area (Å²) in [4.78, 5) is 28.3. The van der Waals surface area contributed by atoms with Crippen molar-refractivity contribution in [1.29, 1.82) is 0 Å². The molecule has 7 heteroatoms. The van der Waals surface area contributed by atoms with Crippen molar-refractivity contribution in [2.45, 2.75) is 32.2 Å². The summed E-state index contributed by atoms with van der Waals surface area (Å²) in [6, 6.07) is 14.8. The molecule has 1 aromatic heterocycles. The van der Waals surface area contributed by atoms with Crippen LogP contribution in [-0.2, 0) is 22.6 Å². The van der Waals surface area contributed by atoms with Crippen LogP contribution in [0, 0.1) is 5.92 Å². The van der Waals surface area contributed by atoms with Crippen LogP contribution in [0.5, 0.6) is 0 Å². The Morgan fingerprint density at radius 2 is 1.93 bits per heavy atom. The van der Waals surface area contributed by atoms with Gasteiger partial charge in [-0.1, -0.05) is 23.7 Å². The van der Waals surface area contributed by atoms with Crippen LogP contribution in [0.3, 0.4) is 0 Å². The lowest BCUT2D eigenvalue weighted by molar-refractivity contribution is -0.121. The average molecular weight is 424 g/mol. The molecular weight excluding hydrogens is 402 g/mol. The molecule has 154 valence electrons. The number of oxazole rings is 1. The number of hydrogen-bond donors (Lipinski definition) is 2. The van der Waals surface area contributed by atoms with E-state index in [0.29, 0.717) is 29.6 Å². The number of benzene rings is 2. The predicted octanol–water partition coefficient (Wildman–Crippen LogP) is 4.59. The topological polar surface area (TPSA) is 84.2 Å². The molecule has 0 atom stereocenters. The van der Waals surface area contributed by atoms with Gasteiger partial charge in [0.2, 0.25) is 11.8 Å². The lowest BCUT2D eigenvalue weighted by Crippen LogP contribution is -2.23. The largest absolute Gasteiger partial charge is 0.441 e. The van der Waals surface area contributed by atoms with Gasteiger partial charge < -0.3 is 15.1 Å². The molecule has 1 saturated carbocycles. The molecule has 2 aromatic carbocycles. The summed E-state index contributed by atoms with van der Waals surface area (Å²) in [5, 5.41) is 6.47. The van der Waals surface area contributed by atoms with E-state index in [2.05, 4.69) is 15.6 Å². The summed E-state index contributed by atoms with van der Waals surface area (Å²) >= 11 is 5.90. The number of rotatable bonds is 8. The number of hydrogen-bond acceptors (Lipinski definition) is 4. The first kappa shape index (κ1) is 20.2. The van der Waals surface area contributed by atoms with Crippen LogP contribution in [-0.4, -0.2) is 16.8 Å². The second kappa shape index (κ2) is 9.13. The van der Waals surface area contributed by atoms with Gasteiger partial charge in [0, 0.05) is 41.6 Å². The number of carbonyl (C=O) groups excluding carboxylic acids is 2. The van der Waals surface area contributed by atoms with Crippen molar-refractivity contribution in [3.63, 3.8) is 0 Å². The van der Waals surface area contributed by atoms with E-state index in [4.69, 9.17) is 16.0 Å². The minimum atomic E-state index is -0.0892. The zero-order valence-electron chi connectivity index (χ0n) is 16.4. The van der Waals surface area contributed by atoms with E-state index in [1.54, 1.807) is 18.3 Å². The van der Waals surface area contributed by atoms with E-state index in [9.17, 15) is 9.59 Å². The van der Waals surface area contributed by atoms with E-state index < -0.39 is 0 Å². The van der Waals surface area contributed by atoms with Crippen molar-refractivity contribution in [1.82, 2.24) is 10.3 Å². The zero-order valence-corrected chi connectivity index (χ0v) is 17.1. The summed E-state index contributed by atoms with van der Waals surface area (Å²) in [7, 11) is 0. The van der Waals surface area contributed by atoms with Crippen LogP contribution in [0.15, 0.2) is 59.1 Å². The Morgan fingerprint density at radius 3 is 2.70 bits per heavy atom. The van der Waals surface area contributed by atoms with E-state index in [0.717, 1.165) is 29.7 Å². The van der Waals surface area contributed by atoms with E-state index in [1.165, 1.54) is 0 Å². The van der Waals surface area contributed by atoms with Crippen LogP contribution in [0.1, 0.15) is 30.7 Å². The molecule has 1 aliphatic rings. The molecular formula is C23H22ClN3O3. The second-order valence-electron chi connectivity index (χ2n) is 7.37. The van der Waals surface area contributed by atoms with Gasteiger partial charge in [0.05, 0.1) is 6.20 Å². The maximum atomic E-state index is 12.2. The van der Waals surface area contributed by atoms with Crippen molar-refractivity contribution in [2.75, 3.05) is 5.32 Å². The number of aryl methyl sites for hydroxylation is 1. The number of amides is 2. The Labute approximate surface area is 179 Å². The molecule has 2 N–H and O–H groups in total. The van der Waals surface area contributed by atoms with Crippen LogP contribution < -0.4 is 10.6 Å². The van der Waals surface area contributed by atoms with E-state index >= 15 is 0 Å². The number of carbonyl (C=O) groups is 2. The lowest BCUT2D eigenvalue weighted by Gasteiger charge is -2.08. The van der Waals surface area contributed by atoms with Gasteiger partial charge in [-0.2, -0.15) is 0 Å². The van der Waals surface area contributed by atoms with Gasteiger partial charge in [-0.15, -0.1) is 0 Å². The molecule has 0 spiro atoms. The van der Waals surface area contributed by atoms with Gasteiger partial charge in [-0.3, -0.25) is 9.59 Å². The molecule has 2 amide bonds. The SMILES string of the molecule is O=C(CCc1ncc(-c2ccc(Cl)cc2)o1)NCc1cccc(NC(=O)C2CC2)c1. The third-order valence-electron chi connectivity index (χ3n) is 4.88. The van der Waals surface area contributed by atoms with Crippen LogP contribution in [0.25, 0.3) is 11.3 Å². The fraction of sp³-hybridized carbons (Fsp3) is 0.261. The Bertz CT molecular complexity index is 1040. The summed E-state index contributed by atoms with van der Waals surface area (Å²) < 4.78 is 5.73. The summed E-state index contributed by atoms with van der Waals surface area (Å²) in [5.74, 6) is 1.30. The minimum absolute atomic E-state index is 0.0695. The molecule has 6 nitrogen and oxygen atoms in total. The highest BCUT2D eigenvalue weighted by atomic mass is 35.5. The Morgan fingerprint density at radius 1 is 1.13 bits per heavy atom. The highest BCUT2D eigenvalue weighted by molar-refractivity contribution is 6.30. The Balaban J connectivity index is 1.24. The predicted molar refractivity (Wildman–Crippen MR) is 115 cm³/mol. The van der Waals surface area contributed by atoms with Gasteiger partial charge in [0.1, 0.15) is 0 Å². The standard InChI is InChI=1S/C23H22ClN3O3/c24-18-8-6-16(7-9-18)20-14-26-22(30-20)11-10-21(28)25-13-15-2-1-3-19(12-15)27-23(29)17-4-5-17/h1-3,6-9,12,14,17H,4-5,10-11,13H2,(H,25,28)(H,27,29). The van der Waals surface area contributed by atoms with Crippen molar-refractivity contribution in [2.24, 2.45) is 5.92 Å². The maximum absolute atomic E-state index is 12.2. The summed E-state index contributed by atoms with van der Waals surface area (Å²) in [6.07, 6.45) is 4.27. The number of aromatic nitrogens is 1. The molecule has 0 saturated heterocycles. The molecule has 0 aliphatic heterocycles. The average Bonchev–Trinajstić information content (AvgIpc) is 3.50. The first-order valence-electron chi connectivity index (χ1n) is 9.94. The van der Waals surface area contributed by atoms with Crippen LogP contribution >= 0.6 is 11.6 Å². The number of nitrogens with zero attached hydrogens (tertiary/aromatic N) is 1. The molecule has 1 fully saturated rings. The second-order valence-corrected chi connectivity index (χ2v) is 7.80. The van der Waals surface area contributed by atoms with Crippen molar-refractivity contribution >= 4 is 29.1 Å². The van der Waals surface area contributed by atoms with E-state index in [1.807, 2.05) is 36.4 Å². The summed E-state index contributed by atoms with van der Waals surface area (Å²) in [5.41, 5.74) is 2.57. The fourth-order valence-corrected chi connectivity index (χ4v) is 3.16. The molecule has 1 aliphatic carbocycles. The van der Waals surface area contributed by atoms with Gasteiger partial charge in [0.15, 0.2) is 11.7 Å². The van der Waals surface area contributed by atoms with Gasteiger partial charge in [-0.25, -0.2) is 4.98 Å². The first-order valence-corrected chi connectivity index (χ1v) is 10.3. The van der Waals surface area contributed by atoms with Crippen LogP contribution in [0.4, 0.5) is 5.69 Å². The normalized spacial score (nSPS) is 13.1. The third-order valence-corrected chi connectivity index (χ3v) is 5.13. The smallest absolute Gasteiger partial charge is 0.227 e. The van der Waals surface area contributed by atoms with Gasteiger partial charge >= 0.3 is 0 Å². The zero-order chi connectivity index (χ0) is 20.9. The molecule has 0 unspecified atom stereocenters. The van der Waals surface area contributed by atoms with Crippen molar-refractivity contribution in [3.05, 3.63) is 71.2 Å². The van der Waals surface area contributed by atoms with Crippen LogP contribution in [0.2, 0.25) is 5.02 Å². The van der Waals surface area contributed by atoms with Crippen molar-refractivity contribution in [3.8, 4) is 11.3 Å². The molecule has 1 heterocycles. The number of nitrogens with one attached hydrogen (secondary N) is 2. The molecule has 0 radical (unpaired) electrons. The maximum Gasteiger partial charge on any atom is 0.227 e. The summed E-state index contributed by atoms with van der Waals surface area (Å²) in [6.45, 7) is 0.396. The highest BCUT2D eigenvalue weighted by Crippen LogP contribution is 2.30. The molecule has 4 rings (SSSR count). The number of anilines is 1. The molecule has 0 bridgehead atoms. The fourth-order valence-electron chi connectivity index (χ4n) is 3.03. The highest BCUT2D eigenvalue weighted by Gasteiger charge is 2.29. The lowest BCUT2D eigenvalue weighted by atomic mass is 10.2.